The molecule has 0 aliphatic carbocycles. The fraction of sp³-hybridized carbons (Fsp3) is 0.400. The van der Waals surface area contributed by atoms with Gasteiger partial charge in [-0.25, -0.2) is 0 Å². The van der Waals surface area contributed by atoms with Gasteiger partial charge in [-0.3, -0.25) is 9.59 Å². The van der Waals surface area contributed by atoms with Crippen LogP contribution in [0.3, 0.4) is 0 Å². The van der Waals surface area contributed by atoms with Crippen molar-refractivity contribution in [1.29, 1.82) is 0 Å². The zero-order valence-corrected chi connectivity index (χ0v) is 16.8. The molecule has 0 aliphatic rings. The smallest absolute Gasteiger partial charge is 0.251 e. The maximum absolute atomic E-state index is 12.4. The van der Waals surface area contributed by atoms with Crippen molar-refractivity contribution in [2.75, 3.05) is 20.6 Å². The number of thiophene rings is 1. The van der Waals surface area contributed by atoms with Crippen molar-refractivity contribution in [3.63, 3.8) is 0 Å². The van der Waals surface area contributed by atoms with E-state index < -0.39 is 0 Å². The van der Waals surface area contributed by atoms with Gasteiger partial charge >= 0.3 is 0 Å². The Morgan fingerprint density at radius 3 is 2.08 bits per heavy atom. The van der Waals surface area contributed by atoms with Crippen LogP contribution in [-0.2, 0) is 0 Å². The second-order valence-corrected chi connectivity index (χ2v) is 8.31. The van der Waals surface area contributed by atoms with Crippen molar-refractivity contribution in [3.8, 4) is 0 Å². The SMILES string of the molecule is CN(C)C(CNC(=O)c1ccc(C(=O)NC(C)(C)C)cc1)c1ccsc1. The summed E-state index contributed by atoms with van der Waals surface area (Å²) in [6, 6.07) is 8.92. The molecule has 0 radical (unpaired) electrons. The molecule has 2 aromatic rings. The van der Waals surface area contributed by atoms with Gasteiger partial charge < -0.3 is 15.5 Å². The highest BCUT2D eigenvalue weighted by molar-refractivity contribution is 7.07. The standard InChI is InChI=1S/C20H27N3O2S/c1-20(2,3)22-19(25)15-8-6-14(7-9-15)18(24)21-12-17(23(4)5)16-10-11-26-13-16/h6-11,13,17H,12H2,1-5H3,(H,21,24)(H,22,25). The molecule has 0 fully saturated rings. The maximum Gasteiger partial charge on any atom is 0.251 e. The maximum atomic E-state index is 12.4. The number of amides is 2. The van der Waals surface area contributed by atoms with Gasteiger partial charge in [-0.05, 0) is 81.5 Å². The zero-order valence-electron chi connectivity index (χ0n) is 16.0. The molecule has 0 spiro atoms. The fourth-order valence-corrected chi connectivity index (χ4v) is 3.25. The molecule has 2 N–H and O–H groups in total. The molecule has 1 unspecified atom stereocenters. The summed E-state index contributed by atoms with van der Waals surface area (Å²) in [6.07, 6.45) is 0. The third-order valence-corrected chi connectivity index (χ3v) is 4.61. The molecule has 1 aromatic carbocycles. The van der Waals surface area contributed by atoms with Crippen LogP contribution in [0.25, 0.3) is 0 Å². The van der Waals surface area contributed by atoms with Crippen LogP contribution in [0, 0.1) is 0 Å². The quantitative estimate of drug-likeness (QED) is 0.817. The van der Waals surface area contributed by atoms with E-state index in [1.807, 2.05) is 40.2 Å². The summed E-state index contributed by atoms with van der Waals surface area (Å²) in [4.78, 5) is 26.7. The van der Waals surface area contributed by atoms with Crippen LogP contribution in [0.2, 0.25) is 0 Å². The zero-order chi connectivity index (χ0) is 19.3. The van der Waals surface area contributed by atoms with Crippen molar-refractivity contribution >= 4 is 23.2 Å². The lowest BCUT2D eigenvalue weighted by atomic mass is 10.1. The van der Waals surface area contributed by atoms with Gasteiger partial charge in [0, 0.05) is 23.2 Å². The molecule has 0 saturated heterocycles. The van der Waals surface area contributed by atoms with E-state index in [1.165, 1.54) is 5.56 Å². The molecular weight excluding hydrogens is 346 g/mol. The Balaban J connectivity index is 1.98. The van der Waals surface area contributed by atoms with Gasteiger partial charge in [0.25, 0.3) is 11.8 Å². The molecule has 5 nitrogen and oxygen atoms in total. The molecule has 2 amide bonds. The first-order chi connectivity index (χ1) is 12.2. The average Bonchev–Trinajstić information content (AvgIpc) is 3.07. The number of carbonyl (C=O) groups is 2. The van der Waals surface area contributed by atoms with Crippen LogP contribution in [0.5, 0.6) is 0 Å². The number of nitrogens with zero attached hydrogens (tertiary/aromatic N) is 1. The Kier molecular flexibility index (Phi) is 6.56. The van der Waals surface area contributed by atoms with Crippen LogP contribution in [0.1, 0.15) is 53.1 Å². The Hall–Kier alpha value is -2.18. The van der Waals surface area contributed by atoms with Crippen molar-refractivity contribution in [3.05, 3.63) is 57.8 Å². The highest BCUT2D eigenvalue weighted by Crippen LogP contribution is 2.20. The van der Waals surface area contributed by atoms with E-state index in [9.17, 15) is 9.59 Å². The topological polar surface area (TPSA) is 61.4 Å². The highest BCUT2D eigenvalue weighted by Gasteiger charge is 2.18. The van der Waals surface area contributed by atoms with Crippen LogP contribution in [0.4, 0.5) is 0 Å². The lowest BCUT2D eigenvalue weighted by molar-refractivity contribution is 0.0914. The minimum atomic E-state index is -0.296. The van der Waals surface area contributed by atoms with E-state index in [0.717, 1.165) is 0 Å². The van der Waals surface area contributed by atoms with Gasteiger partial charge in [0.1, 0.15) is 0 Å². The Labute approximate surface area is 159 Å². The van der Waals surface area contributed by atoms with Gasteiger partial charge in [0.05, 0.1) is 6.04 Å². The van der Waals surface area contributed by atoms with Crippen LogP contribution < -0.4 is 10.6 Å². The molecule has 1 aromatic heterocycles. The number of benzene rings is 1. The highest BCUT2D eigenvalue weighted by atomic mass is 32.1. The van der Waals surface area contributed by atoms with Crippen LogP contribution in [0.15, 0.2) is 41.1 Å². The van der Waals surface area contributed by atoms with Gasteiger partial charge in [-0.2, -0.15) is 11.3 Å². The molecule has 2 rings (SSSR count). The monoisotopic (exact) mass is 373 g/mol. The summed E-state index contributed by atoms with van der Waals surface area (Å²) in [7, 11) is 3.99. The number of likely N-dealkylation sites (N-methyl/N-ethyl adjacent to an activating group) is 1. The number of nitrogens with one attached hydrogen (secondary N) is 2. The number of carbonyl (C=O) groups excluding carboxylic acids is 2. The number of hydrogen-bond donors (Lipinski definition) is 2. The van der Waals surface area contributed by atoms with E-state index in [0.29, 0.717) is 17.7 Å². The first-order valence-corrected chi connectivity index (χ1v) is 9.51. The number of hydrogen-bond acceptors (Lipinski definition) is 4. The van der Waals surface area contributed by atoms with Gasteiger partial charge in [0.2, 0.25) is 0 Å². The van der Waals surface area contributed by atoms with Gasteiger partial charge in [0.15, 0.2) is 0 Å². The van der Waals surface area contributed by atoms with E-state index in [2.05, 4.69) is 27.0 Å². The summed E-state index contributed by atoms with van der Waals surface area (Å²) in [5, 5.41) is 10.0. The number of rotatable bonds is 6. The second-order valence-electron chi connectivity index (χ2n) is 7.53. The van der Waals surface area contributed by atoms with Crippen LogP contribution >= 0.6 is 11.3 Å². The predicted molar refractivity (Wildman–Crippen MR) is 107 cm³/mol. The molecule has 26 heavy (non-hydrogen) atoms. The van der Waals surface area contributed by atoms with E-state index >= 15 is 0 Å². The largest absolute Gasteiger partial charge is 0.350 e. The van der Waals surface area contributed by atoms with Crippen molar-refractivity contribution in [2.45, 2.75) is 32.4 Å². The minimum absolute atomic E-state index is 0.127. The van der Waals surface area contributed by atoms with E-state index in [1.54, 1.807) is 35.6 Å². The molecule has 0 aliphatic heterocycles. The van der Waals surface area contributed by atoms with Crippen LogP contribution in [-0.4, -0.2) is 42.9 Å². The molecular formula is C20H27N3O2S. The molecule has 6 heteroatoms. The lowest BCUT2D eigenvalue weighted by Gasteiger charge is -2.24. The third-order valence-electron chi connectivity index (χ3n) is 3.91. The lowest BCUT2D eigenvalue weighted by Crippen LogP contribution is -2.40. The summed E-state index contributed by atoms with van der Waals surface area (Å²) < 4.78 is 0. The molecule has 0 bridgehead atoms. The molecule has 0 saturated carbocycles. The average molecular weight is 374 g/mol. The van der Waals surface area contributed by atoms with Crippen molar-refractivity contribution in [2.24, 2.45) is 0 Å². The molecule has 140 valence electrons. The van der Waals surface area contributed by atoms with E-state index in [4.69, 9.17) is 0 Å². The second kappa shape index (κ2) is 8.47. The minimum Gasteiger partial charge on any atom is -0.350 e. The Bertz CT molecular complexity index is 731. The van der Waals surface area contributed by atoms with Gasteiger partial charge in [-0.15, -0.1) is 0 Å². The Morgan fingerprint density at radius 1 is 1.04 bits per heavy atom. The normalized spacial score (nSPS) is 12.7. The molecule has 1 atom stereocenters. The van der Waals surface area contributed by atoms with Crippen molar-refractivity contribution < 1.29 is 9.59 Å². The summed E-state index contributed by atoms with van der Waals surface area (Å²) in [6.45, 7) is 6.32. The fourth-order valence-electron chi connectivity index (χ4n) is 2.54. The van der Waals surface area contributed by atoms with E-state index in [-0.39, 0.29) is 23.4 Å². The first-order valence-electron chi connectivity index (χ1n) is 8.56. The third kappa shape index (κ3) is 5.68. The summed E-state index contributed by atoms with van der Waals surface area (Å²) in [5.74, 6) is -0.288. The first kappa shape index (κ1) is 20.1. The van der Waals surface area contributed by atoms with Gasteiger partial charge in [-0.1, -0.05) is 0 Å². The summed E-state index contributed by atoms with van der Waals surface area (Å²) in [5.41, 5.74) is 1.98. The summed E-state index contributed by atoms with van der Waals surface area (Å²) >= 11 is 1.65. The Morgan fingerprint density at radius 2 is 1.62 bits per heavy atom. The predicted octanol–water partition coefficient (Wildman–Crippen LogP) is 3.31. The van der Waals surface area contributed by atoms with Crippen molar-refractivity contribution in [1.82, 2.24) is 15.5 Å². The molecule has 1 heterocycles.